The second kappa shape index (κ2) is 3.66. The highest BCUT2D eigenvalue weighted by atomic mass is 32.1. The normalized spacial score (nSPS) is 10.6. The number of fused-ring (bicyclic) bond motifs is 1. The molecule has 0 radical (unpaired) electrons. The lowest BCUT2D eigenvalue weighted by atomic mass is 10.2. The lowest BCUT2D eigenvalue weighted by Gasteiger charge is -2.14. The summed E-state index contributed by atoms with van der Waals surface area (Å²) in [7, 11) is 5.99. The summed E-state index contributed by atoms with van der Waals surface area (Å²) in [6, 6.07) is 10.4. The summed E-state index contributed by atoms with van der Waals surface area (Å²) < 4.78 is 2.14. The maximum absolute atomic E-state index is 5.38. The van der Waals surface area contributed by atoms with Gasteiger partial charge >= 0.3 is 0 Å². The van der Waals surface area contributed by atoms with E-state index in [-0.39, 0.29) is 0 Å². The van der Waals surface area contributed by atoms with Gasteiger partial charge in [-0.1, -0.05) is 30.4 Å². The fourth-order valence-electron chi connectivity index (χ4n) is 1.72. The van der Waals surface area contributed by atoms with Crippen molar-refractivity contribution in [3.05, 3.63) is 36.0 Å². The first-order chi connectivity index (χ1) is 7.11. The molecule has 3 heteroatoms. The third-order valence-corrected chi connectivity index (χ3v) is 3.15. The van der Waals surface area contributed by atoms with Gasteiger partial charge in [-0.2, -0.15) is 0 Å². The SMILES string of the molecule is CN(C)C(=S)c1cc2ccccc2n1C. The van der Waals surface area contributed by atoms with E-state index in [9.17, 15) is 0 Å². The third kappa shape index (κ3) is 1.63. The molecule has 0 atom stereocenters. The Balaban J connectivity index is 2.63. The molecule has 0 spiro atoms. The minimum atomic E-state index is 0.869. The van der Waals surface area contributed by atoms with Crippen molar-refractivity contribution in [2.45, 2.75) is 0 Å². The van der Waals surface area contributed by atoms with Crippen LogP contribution in [0.25, 0.3) is 10.9 Å². The molecule has 0 saturated carbocycles. The van der Waals surface area contributed by atoms with E-state index in [1.165, 1.54) is 10.9 Å². The van der Waals surface area contributed by atoms with Gasteiger partial charge in [0.1, 0.15) is 4.99 Å². The van der Waals surface area contributed by atoms with E-state index in [0.29, 0.717) is 0 Å². The number of thiocarbonyl (C=S) groups is 1. The van der Waals surface area contributed by atoms with Crippen LogP contribution in [0.3, 0.4) is 0 Å². The molecule has 0 aliphatic carbocycles. The molecule has 1 aromatic heterocycles. The van der Waals surface area contributed by atoms with Crippen molar-refractivity contribution in [3.63, 3.8) is 0 Å². The number of hydrogen-bond acceptors (Lipinski definition) is 1. The monoisotopic (exact) mass is 218 g/mol. The Hall–Kier alpha value is -1.35. The molecule has 0 bridgehead atoms. The average Bonchev–Trinajstić information content (AvgIpc) is 2.56. The lowest BCUT2D eigenvalue weighted by molar-refractivity contribution is 0.631. The van der Waals surface area contributed by atoms with E-state index in [1.54, 1.807) is 0 Å². The Morgan fingerprint density at radius 2 is 1.93 bits per heavy atom. The number of aryl methyl sites for hydroxylation is 1. The molecule has 1 aromatic carbocycles. The molecule has 15 heavy (non-hydrogen) atoms. The fraction of sp³-hybridized carbons (Fsp3) is 0.250. The molecule has 0 unspecified atom stereocenters. The van der Waals surface area contributed by atoms with Crippen molar-refractivity contribution in [2.75, 3.05) is 14.1 Å². The number of hydrogen-bond donors (Lipinski definition) is 0. The summed E-state index contributed by atoms with van der Waals surface area (Å²) in [5.74, 6) is 0. The zero-order valence-electron chi connectivity index (χ0n) is 9.19. The number of rotatable bonds is 1. The molecule has 0 aliphatic rings. The van der Waals surface area contributed by atoms with Gasteiger partial charge in [0.2, 0.25) is 0 Å². The molecule has 0 fully saturated rings. The summed E-state index contributed by atoms with van der Waals surface area (Å²) in [4.78, 5) is 2.83. The molecular formula is C12H14N2S. The van der Waals surface area contributed by atoms with E-state index in [0.717, 1.165) is 10.7 Å². The van der Waals surface area contributed by atoms with Crippen LogP contribution in [0.1, 0.15) is 5.69 Å². The van der Waals surface area contributed by atoms with Crippen LogP contribution in [0.15, 0.2) is 30.3 Å². The summed E-state index contributed by atoms with van der Waals surface area (Å²) >= 11 is 5.38. The average molecular weight is 218 g/mol. The first-order valence-electron chi connectivity index (χ1n) is 4.87. The van der Waals surface area contributed by atoms with E-state index in [4.69, 9.17) is 12.2 Å². The maximum Gasteiger partial charge on any atom is 0.125 e. The Bertz CT molecular complexity index is 511. The zero-order chi connectivity index (χ0) is 11.0. The first kappa shape index (κ1) is 10.2. The molecule has 0 saturated heterocycles. The van der Waals surface area contributed by atoms with Crippen LogP contribution in [-0.4, -0.2) is 28.6 Å². The fourth-order valence-corrected chi connectivity index (χ4v) is 1.92. The predicted octanol–water partition coefficient (Wildman–Crippen LogP) is 2.42. The maximum atomic E-state index is 5.38. The van der Waals surface area contributed by atoms with E-state index >= 15 is 0 Å². The van der Waals surface area contributed by atoms with Crippen LogP contribution in [0, 0.1) is 0 Å². The predicted molar refractivity (Wildman–Crippen MR) is 68.3 cm³/mol. The zero-order valence-corrected chi connectivity index (χ0v) is 10.0. The van der Waals surface area contributed by atoms with Gasteiger partial charge in [0.15, 0.2) is 0 Å². The highest BCUT2D eigenvalue weighted by Gasteiger charge is 2.10. The lowest BCUT2D eigenvalue weighted by Crippen LogP contribution is -2.22. The third-order valence-electron chi connectivity index (χ3n) is 2.58. The molecule has 1 heterocycles. The molecule has 78 valence electrons. The molecule has 2 nitrogen and oxygen atoms in total. The Morgan fingerprint density at radius 3 is 2.53 bits per heavy atom. The molecule has 0 aliphatic heterocycles. The number of nitrogens with zero attached hydrogens (tertiary/aromatic N) is 2. The minimum Gasteiger partial charge on any atom is -0.367 e. The van der Waals surface area contributed by atoms with Crippen molar-refractivity contribution in [1.82, 2.24) is 9.47 Å². The smallest absolute Gasteiger partial charge is 0.125 e. The van der Waals surface area contributed by atoms with Gasteiger partial charge in [-0.15, -0.1) is 0 Å². The highest BCUT2D eigenvalue weighted by molar-refractivity contribution is 7.80. The summed E-state index contributed by atoms with van der Waals surface area (Å²) in [5.41, 5.74) is 2.31. The van der Waals surface area contributed by atoms with Crippen LogP contribution in [-0.2, 0) is 7.05 Å². The number of para-hydroxylation sites is 1. The van der Waals surface area contributed by atoms with Gasteiger partial charge in [0, 0.05) is 32.0 Å². The first-order valence-corrected chi connectivity index (χ1v) is 5.28. The van der Waals surface area contributed by atoms with Crippen LogP contribution in [0.2, 0.25) is 0 Å². The quantitative estimate of drug-likeness (QED) is 0.679. The van der Waals surface area contributed by atoms with Crippen molar-refractivity contribution < 1.29 is 0 Å². The standard InChI is InChI=1S/C12H14N2S/c1-13(2)12(15)11-8-9-6-4-5-7-10(9)14(11)3/h4-8H,1-3H3. The number of benzene rings is 1. The molecule has 0 N–H and O–H groups in total. The van der Waals surface area contributed by atoms with Crippen LogP contribution < -0.4 is 0 Å². The van der Waals surface area contributed by atoms with Crippen molar-refractivity contribution in [1.29, 1.82) is 0 Å². The van der Waals surface area contributed by atoms with Gasteiger partial charge in [0.05, 0.1) is 5.69 Å². The molecular weight excluding hydrogens is 204 g/mol. The van der Waals surface area contributed by atoms with E-state index in [1.807, 2.05) is 38.2 Å². The molecule has 0 amide bonds. The van der Waals surface area contributed by atoms with E-state index < -0.39 is 0 Å². The highest BCUT2D eigenvalue weighted by Crippen LogP contribution is 2.19. The Morgan fingerprint density at radius 1 is 1.27 bits per heavy atom. The second-order valence-corrected chi connectivity index (χ2v) is 4.23. The Labute approximate surface area is 95.1 Å². The summed E-state index contributed by atoms with van der Waals surface area (Å²) in [5, 5.41) is 1.24. The van der Waals surface area contributed by atoms with Crippen LogP contribution in [0.4, 0.5) is 0 Å². The number of aromatic nitrogens is 1. The van der Waals surface area contributed by atoms with Crippen LogP contribution >= 0.6 is 12.2 Å². The minimum absolute atomic E-state index is 0.869. The van der Waals surface area contributed by atoms with Crippen LogP contribution in [0.5, 0.6) is 0 Å². The summed E-state index contributed by atoms with van der Waals surface area (Å²) in [6.07, 6.45) is 0. The van der Waals surface area contributed by atoms with Gasteiger partial charge in [-0.05, 0) is 12.1 Å². The van der Waals surface area contributed by atoms with Gasteiger partial charge < -0.3 is 9.47 Å². The van der Waals surface area contributed by atoms with E-state index in [2.05, 4.69) is 22.8 Å². The molecule has 2 rings (SSSR count). The van der Waals surface area contributed by atoms with Gasteiger partial charge in [0.25, 0.3) is 0 Å². The van der Waals surface area contributed by atoms with Crippen molar-refractivity contribution in [2.24, 2.45) is 7.05 Å². The largest absolute Gasteiger partial charge is 0.367 e. The Kier molecular flexibility index (Phi) is 2.49. The van der Waals surface area contributed by atoms with Crippen molar-refractivity contribution in [3.8, 4) is 0 Å². The van der Waals surface area contributed by atoms with Gasteiger partial charge in [-0.3, -0.25) is 0 Å². The molecule has 2 aromatic rings. The van der Waals surface area contributed by atoms with Gasteiger partial charge in [-0.25, -0.2) is 0 Å². The summed E-state index contributed by atoms with van der Waals surface area (Å²) in [6.45, 7) is 0. The second-order valence-electron chi connectivity index (χ2n) is 3.85. The topological polar surface area (TPSA) is 8.17 Å². The van der Waals surface area contributed by atoms with Crippen molar-refractivity contribution >= 4 is 28.1 Å².